The molecule has 0 aromatic carbocycles. The summed E-state index contributed by atoms with van der Waals surface area (Å²) < 4.78 is 26.4. The third-order valence-corrected chi connectivity index (χ3v) is 6.22. The highest BCUT2D eigenvalue weighted by Gasteiger charge is 2.27. The average molecular weight is 383 g/mol. The number of rotatable bonds is 7. The van der Waals surface area contributed by atoms with E-state index in [2.05, 4.69) is 15.6 Å². The van der Waals surface area contributed by atoms with Crippen LogP contribution in [0.4, 0.5) is 0 Å². The molecule has 0 aliphatic carbocycles. The van der Waals surface area contributed by atoms with Gasteiger partial charge in [-0.25, -0.2) is 8.42 Å². The maximum atomic E-state index is 12.5. The molecule has 2 rings (SSSR count). The summed E-state index contributed by atoms with van der Waals surface area (Å²) in [6, 6.07) is 1.41. The Hall–Kier alpha value is -0.740. The number of aromatic amines is 1. The first-order valence-corrected chi connectivity index (χ1v) is 9.84. The number of hydrogen-bond acceptors (Lipinski definition) is 5. The first-order valence-electron chi connectivity index (χ1n) is 7.25. The van der Waals surface area contributed by atoms with Gasteiger partial charge in [-0.15, -0.1) is 12.4 Å². The summed E-state index contributed by atoms with van der Waals surface area (Å²) in [4.78, 5) is 14.9. The third-order valence-electron chi connectivity index (χ3n) is 3.40. The maximum Gasteiger partial charge on any atom is 0.267 e. The van der Waals surface area contributed by atoms with E-state index in [1.165, 1.54) is 16.6 Å². The average Bonchev–Trinajstić information content (AvgIpc) is 3.03. The van der Waals surface area contributed by atoms with Gasteiger partial charge in [-0.2, -0.15) is 16.1 Å². The molecule has 0 atom stereocenters. The monoisotopic (exact) mass is 382 g/mol. The predicted octanol–water partition coefficient (Wildman–Crippen LogP) is 0.513. The molecule has 0 spiro atoms. The number of sulfonamides is 1. The number of halogens is 1. The number of carbonyl (C=O) groups excluding carboxylic acids is 1. The first-order chi connectivity index (χ1) is 10.6. The van der Waals surface area contributed by atoms with Crippen LogP contribution in [-0.4, -0.2) is 68.3 Å². The van der Waals surface area contributed by atoms with Gasteiger partial charge in [0.05, 0.1) is 0 Å². The van der Waals surface area contributed by atoms with Gasteiger partial charge in [-0.1, -0.05) is 0 Å². The summed E-state index contributed by atoms with van der Waals surface area (Å²) >= 11 is 1.75. The van der Waals surface area contributed by atoms with Crippen LogP contribution in [-0.2, 0) is 10.0 Å². The van der Waals surface area contributed by atoms with Crippen molar-refractivity contribution in [2.45, 2.75) is 11.3 Å². The maximum absolute atomic E-state index is 12.5. The molecule has 1 aliphatic rings. The van der Waals surface area contributed by atoms with Crippen molar-refractivity contribution in [2.75, 3.05) is 44.7 Å². The number of nitrogens with one attached hydrogen (secondary N) is 3. The van der Waals surface area contributed by atoms with Crippen molar-refractivity contribution in [3.8, 4) is 0 Å². The SMILES string of the molecule is CNCCCNC(=O)c1cc(S(=O)(=O)N2CCSCC2)c[nH]1.Cl. The fourth-order valence-corrected chi connectivity index (χ4v) is 4.72. The summed E-state index contributed by atoms with van der Waals surface area (Å²) in [5.41, 5.74) is 0.273. The molecule has 1 aromatic heterocycles. The lowest BCUT2D eigenvalue weighted by atomic mass is 10.3. The van der Waals surface area contributed by atoms with E-state index >= 15 is 0 Å². The fourth-order valence-electron chi connectivity index (χ4n) is 2.15. The van der Waals surface area contributed by atoms with Crippen molar-refractivity contribution >= 4 is 40.1 Å². The minimum Gasteiger partial charge on any atom is -0.356 e. The zero-order valence-corrected chi connectivity index (χ0v) is 15.5. The predicted molar refractivity (Wildman–Crippen MR) is 95.0 cm³/mol. The van der Waals surface area contributed by atoms with E-state index in [-0.39, 0.29) is 28.9 Å². The minimum atomic E-state index is -3.51. The number of amides is 1. The van der Waals surface area contributed by atoms with Crippen molar-refractivity contribution in [3.05, 3.63) is 18.0 Å². The quantitative estimate of drug-likeness (QED) is 0.597. The van der Waals surface area contributed by atoms with Crippen LogP contribution in [0.2, 0.25) is 0 Å². The highest BCUT2D eigenvalue weighted by Crippen LogP contribution is 2.20. The van der Waals surface area contributed by atoms with E-state index in [0.717, 1.165) is 24.5 Å². The number of nitrogens with zero attached hydrogens (tertiary/aromatic N) is 1. The fraction of sp³-hybridized carbons (Fsp3) is 0.615. The Morgan fingerprint density at radius 3 is 2.70 bits per heavy atom. The number of carbonyl (C=O) groups is 1. The lowest BCUT2D eigenvalue weighted by Crippen LogP contribution is -2.37. The second-order valence-electron chi connectivity index (χ2n) is 4.98. The molecule has 1 aliphatic heterocycles. The highest BCUT2D eigenvalue weighted by atomic mass is 35.5. The van der Waals surface area contributed by atoms with Gasteiger partial charge in [0.2, 0.25) is 10.0 Å². The van der Waals surface area contributed by atoms with Gasteiger partial charge in [-0.05, 0) is 26.1 Å². The molecule has 1 fully saturated rings. The largest absolute Gasteiger partial charge is 0.356 e. The minimum absolute atomic E-state index is 0. The van der Waals surface area contributed by atoms with E-state index < -0.39 is 10.0 Å². The molecule has 1 saturated heterocycles. The van der Waals surface area contributed by atoms with Gasteiger partial charge in [0.15, 0.2) is 0 Å². The molecule has 3 N–H and O–H groups in total. The number of thioether (sulfide) groups is 1. The summed E-state index contributed by atoms with van der Waals surface area (Å²) in [5, 5.41) is 5.75. The van der Waals surface area contributed by atoms with E-state index in [0.29, 0.717) is 19.6 Å². The zero-order valence-electron chi connectivity index (χ0n) is 13.0. The molecule has 0 unspecified atom stereocenters. The molecule has 0 radical (unpaired) electrons. The van der Waals surface area contributed by atoms with Gasteiger partial charge in [0.25, 0.3) is 5.91 Å². The second-order valence-corrected chi connectivity index (χ2v) is 8.14. The van der Waals surface area contributed by atoms with Crippen LogP contribution in [0.15, 0.2) is 17.2 Å². The Balaban J connectivity index is 0.00000264. The lowest BCUT2D eigenvalue weighted by molar-refractivity contribution is 0.0949. The molecule has 1 aromatic rings. The van der Waals surface area contributed by atoms with Crippen LogP contribution in [0.5, 0.6) is 0 Å². The van der Waals surface area contributed by atoms with E-state index in [9.17, 15) is 13.2 Å². The lowest BCUT2D eigenvalue weighted by Gasteiger charge is -2.24. The topological polar surface area (TPSA) is 94.3 Å². The van der Waals surface area contributed by atoms with Crippen LogP contribution in [0.1, 0.15) is 16.9 Å². The second kappa shape index (κ2) is 9.53. The smallest absolute Gasteiger partial charge is 0.267 e. The number of H-pyrrole nitrogens is 1. The van der Waals surface area contributed by atoms with Crippen LogP contribution >= 0.6 is 24.2 Å². The van der Waals surface area contributed by atoms with Gasteiger partial charge in [-0.3, -0.25) is 4.79 Å². The Morgan fingerprint density at radius 2 is 2.04 bits per heavy atom. The van der Waals surface area contributed by atoms with Crippen LogP contribution in [0.3, 0.4) is 0 Å². The van der Waals surface area contributed by atoms with Crippen molar-refractivity contribution in [1.82, 2.24) is 19.9 Å². The summed E-state index contributed by atoms with van der Waals surface area (Å²) in [5.74, 6) is 1.33. The molecule has 0 bridgehead atoms. The highest BCUT2D eigenvalue weighted by molar-refractivity contribution is 7.99. The van der Waals surface area contributed by atoms with Gasteiger partial charge >= 0.3 is 0 Å². The zero-order chi connectivity index (χ0) is 16.0. The molecule has 10 heteroatoms. The van der Waals surface area contributed by atoms with Crippen molar-refractivity contribution in [3.63, 3.8) is 0 Å². The van der Waals surface area contributed by atoms with Gasteiger partial charge in [0, 0.05) is 37.3 Å². The Kier molecular flexibility index (Phi) is 8.41. The molecule has 132 valence electrons. The van der Waals surface area contributed by atoms with Crippen molar-refractivity contribution in [1.29, 1.82) is 0 Å². The van der Waals surface area contributed by atoms with E-state index in [1.807, 2.05) is 7.05 Å². The van der Waals surface area contributed by atoms with Crippen LogP contribution < -0.4 is 10.6 Å². The van der Waals surface area contributed by atoms with E-state index in [1.54, 1.807) is 11.8 Å². The van der Waals surface area contributed by atoms with Gasteiger partial charge < -0.3 is 15.6 Å². The molecule has 0 saturated carbocycles. The van der Waals surface area contributed by atoms with Crippen molar-refractivity contribution < 1.29 is 13.2 Å². The first kappa shape index (κ1) is 20.3. The summed E-state index contributed by atoms with van der Waals surface area (Å²) in [6.07, 6.45) is 2.21. The molecule has 1 amide bonds. The normalized spacial score (nSPS) is 15.9. The summed E-state index contributed by atoms with van der Waals surface area (Å²) in [7, 11) is -1.65. The van der Waals surface area contributed by atoms with Crippen LogP contribution in [0.25, 0.3) is 0 Å². The standard InChI is InChI=1S/C13H22N4O3S2.ClH/c1-14-3-2-4-15-13(18)12-9-11(10-16-12)22(19,20)17-5-7-21-8-6-17;/h9-10,14,16H,2-8H2,1H3,(H,15,18);1H. The summed E-state index contributed by atoms with van der Waals surface area (Å²) in [6.45, 7) is 2.40. The molecule has 23 heavy (non-hydrogen) atoms. The Bertz CT molecular complexity index is 600. The molecular formula is C13H23ClN4O3S2. The molecular weight excluding hydrogens is 360 g/mol. The van der Waals surface area contributed by atoms with Crippen molar-refractivity contribution in [2.24, 2.45) is 0 Å². The van der Waals surface area contributed by atoms with E-state index in [4.69, 9.17) is 0 Å². The number of aromatic nitrogens is 1. The Labute approximate surface area is 147 Å². The Morgan fingerprint density at radius 1 is 1.35 bits per heavy atom. The molecule has 2 heterocycles. The molecule has 7 nitrogen and oxygen atoms in total. The van der Waals surface area contributed by atoms with Crippen LogP contribution in [0, 0.1) is 0 Å². The van der Waals surface area contributed by atoms with Gasteiger partial charge in [0.1, 0.15) is 10.6 Å². The third kappa shape index (κ3) is 5.39. The number of hydrogen-bond donors (Lipinski definition) is 3.